The standard InChI is InChI=1S/C23H35N3/c1-4-15-26(18-16-24(2)20-22-11-7-5-8-12-22)19-17-25(3)21-23-13-9-6-10-14-23/h5-14H,4,15-21H2,1-3H3. The molecule has 0 spiro atoms. The molecule has 0 aliphatic carbocycles. The van der Waals surface area contributed by atoms with E-state index in [4.69, 9.17) is 0 Å². The van der Waals surface area contributed by atoms with Crippen molar-refractivity contribution in [2.45, 2.75) is 26.4 Å². The third kappa shape index (κ3) is 8.13. The Hall–Kier alpha value is -1.68. The van der Waals surface area contributed by atoms with Crippen molar-refractivity contribution in [1.82, 2.24) is 14.7 Å². The van der Waals surface area contributed by atoms with Gasteiger partial charge in [0, 0.05) is 39.3 Å². The smallest absolute Gasteiger partial charge is 0.0231 e. The first-order valence-electron chi connectivity index (χ1n) is 9.84. The van der Waals surface area contributed by atoms with E-state index in [0.717, 1.165) is 39.3 Å². The van der Waals surface area contributed by atoms with Gasteiger partial charge in [0.25, 0.3) is 0 Å². The summed E-state index contributed by atoms with van der Waals surface area (Å²) in [6.45, 7) is 9.98. The van der Waals surface area contributed by atoms with Crippen LogP contribution < -0.4 is 0 Å². The maximum absolute atomic E-state index is 2.60. The van der Waals surface area contributed by atoms with E-state index in [9.17, 15) is 0 Å². The second-order valence-corrected chi connectivity index (χ2v) is 7.29. The Labute approximate surface area is 160 Å². The Kier molecular flexibility index (Phi) is 9.40. The van der Waals surface area contributed by atoms with Crippen LogP contribution in [0.5, 0.6) is 0 Å². The first-order chi connectivity index (χ1) is 12.7. The molecule has 26 heavy (non-hydrogen) atoms. The third-order valence-corrected chi connectivity index (χ3v) is 4.73. The second kappa shape index (κ2) is 11.8. The molecule has 2 aromatic carbocycles. The number of hydrogen-bond acceptors (Lipinski definition) is 3. The zero-order chi connectivity index (χ0) is 18.6. The molecule has 142 valence electrons. The van der Waals surface area contributed by atoms with Gasteiger partial charge in [-0.05, 0) is 38.2 Å². The molecular formula is C23H35N3. The summed E-state index contributed by atoms with van der Waals surface area (Å²) in [6, 6.07) is 21.5. The van der Waals surface area contributed by atoms with Crippen LogP contribution in [0, 0.1) is 0 Å². The number of hydrogen-bond donors (Lipinski definition) is 0. The molecule has 0 fully saturated rings. The van der Waals surface area contributed by atoms with E-state index < -0.39 is 0 Å². The van der Waals surface area contributed by atoms with Crippen molar-refractivity contribution in [3.05, 3.63) is 71.8 Å². The first-order valence-corrected chi connectivity index (χ1v) is 9.84. The van der Waals surface area contributed by atoms with Gasteiger partial charge in [0.2, 0.25) is 0 Å². The topological polar surface area (TPSA) is 9.72 Å². The number of benzene rings is 2. The zero-order valence-corrected chi connectivity index (χ0v) is 16.8. The molecule has 0 saturated carbocycles. The monoisotopic (exact) mass is 353 g/mol. The summed E-state index contributed by atoms with van der Waals surface area (Å²) in [7, 11) is 4.44. The van der Waals surface area contributed by atoms with E-state index in [1.54, 1.807) is 0 Å². The van der Waals surface area contributed by atoms with Gasteiger partial charge in [0.05, 0.1) is 0 Å². The lowest BCUT2D eigenvalue weighted by Crippen LogP contribution is -2.38. The molecule has 2 aromatic rings. The van der Waals surface area contributed by atoms with Crippen LogP contribution in [-0.2, 0) is 13.1 Å². The molecule has 0 aromatic heterocycles. The van der Waals surface area contributed by atoms with Gasteiger partial charge in [-0.15, -0.1) is 0 Å². The lowest BCUT2D eigenvalue weighted by Gasteiger charge is -2.27. The van der Waals surface area contributed by atoms with Crippen molar-refractivity contribution in [2.24, 2.45) is 0 Å². The van der Waals surface area contributed by atoms with Crippen molar-refractivity contribution in [3.63, 3.8) is 0 Å². The quantitative estimate of drug-likeness (QED) is 0.572. The van der Waals surface area contributed by atoms with Crippen molar-refractivity contribution in [3.8, 4) is 0 Å². The van der Waals surface area contributed by atoms with Crippen molar-refractivity contribution in [1.29, 1.82) is 0 Å². The van der Waals surface area contributed by atoms with Gasteiger partial charge in [0.15, 0.2) is 0 Å². The molecule has 2 rings (SSSR count). The molecule has 0 N–H and O–H groups in total. The van der Waals surface area contributed by atoms with Crippen molar-refractivity contribution >= 4 is 0 Å². The van der Waals surface area contributed by atoms with Crippen molar-refractivity contribution < 1.29 is 0 Å². The van der Waals surface area contributed by atoms with E-state index in [1.807, 2.05) is 0 Å². The highest BCUT2D eigenvalue weighted by Gasteiger charge is 2.08. The minimum Gasteiger partial charge on any atom is -0.301 e. The van der Waals surface area contributed by atoms with Crippen LogP contribution in [0.15, 0.2) is 60.7 Å². The molecule has 0 aliphatic rings. The molecule has 0 unspecified atom stereocenters. The molecule has 0 saturated heterocycles. The van der Waals surface area contributed by atoms with Gasteiger partial charge < -0.3 is 14.7 Å². The zero-order valence-electron chi connectivity index (χ0n) is 16.8. The predicted molar refractivity (Wildman–Crippen MR) is 112 cm³/mol. The summed E-state index contributed by atoms with van der Waals surface area (Å²) < 4.78 is 0. The number of nitrogens with zero attached hydrogens (tertiary/aromatic N) is 3. The summed E-state index contributed by atoms with van der Waals surface area (Å²) in [5.74, 6) is 0. The van der Waals surface area contributed by atoms with Gasteiger partial charge in [0.1, 0.15) is 0 Å². The van der Waals surface area contributed by atoms with Gasteiger partial charge in [-0.3, -0.25) is 0 Å². The van der Waals surface area contributed by atoms with E-state index in [-0.39, 0.29) is 0 Å². The largest absolute Gasteiger partial charge is 0.301 e. The van der Waals surface area contributed by atoms with Crippen LogP contribution >= 0.6 is 0 Å². The Balaban J connectivity index is 1.71. The summed E-state index contributed by atoms with van der Waals surface area (Å²) in [5, 5.41) is 0. The minimum absolute atomic E-state index is 1.02. The summed E-state index contributed by atoms with van der Waals surface area (Å²) in [5.41, 5.74) is 2.78. The Morgan fingerprint density at radius 2 is 1.00 bits per heavy atom. The molecule has 0 bridgehead atoms. The fourth-order valence-corrected chi connectivity index (χ4v) is 3.22. The van der Waals surface area contributed by atoms with E-state index in [2.05, 4.69) is 96.4 Å². The molecular weight excluding hydrogens is 318 g/mol. The Bertz CT molecular complexity index is 533. The van der Waals surface area contributed by atoms with E-state index in [0.29, 0.717) is 0 Å². The highest BCUT2D eigenvalue weighted by molar-refractivity contribution is 5.15. The summed E-state index contributed by atoms with van der Waals surface area (Å²) in [4.78, 5) is 7.44. The van der Waals surface area contributed by atoms with Crippen LogP contribution in [-0.4, -0.2) is 61.5 Å². The van der Waals surface area contributed by atoms with E-state index >= 15 is 0 Å². The summed E-state index contributed by atoms with van der Waals surface area (Å²) in [6.07, 6.45) is 1.21. The molecule has 0 aliphatic heterocycles. The highest BCUT2D eigenvalue weighted by Crippen LogP contribution is 2.05. The maximum atomic E-state index is 2.60. The van der Waals surface area contributed by atoms with Gasteiger partial charge in [-0.2, -0.15) is 0 Å². The van der Waals surface area contributed by atoms with Gasteiger partial charge >= 0.3 is 0 Å². The normalized spacial score (nSPS) is 11.6. The number of likely N-dealkylation sites (N-methyl/N-ethyl adjacent to an activating group) is 2. The SMILES string of the molecule is CCCN(CCN(C)Cc1ccccc1)CCN(C)Cc1ccccc1. The fourth-order valence-electron chi connectivity index (χ4n) is 3.22. The van der Waals surface area contributed by atoms with Gasteiger partial charge in [-0.25, -0.2) is 0 Å². The van der Waals surface area contributed by atoms with Gasteiger partial charge in [-0.1, -0.05) is 67.6 Å². The minimum atomic E-state index is 1.02. The number of rotatable bonds is 12. The molecule has 3 nitrogen and oxygen atoms in total. The van der Waals surface area contributed by atoms with Crippen LogP contribution in [0.2, 0.25) is 0 Å². The van der Waals surface area contributed by atoms with Crippen LogP contribution in [0.4, 0.5) is 0 Å². The first kappa shape index (κ1) is 20.6. The fraction of sp³-hybridized carbons (Fsp3) is 0.478. The second-order valence-electron chi connectivity index (χ2n) is 7.29. The third-order valence-electron chi connectivity index (χ3n) is 4.73. The molecule has 0 heterocycles. The van der Waals surface area contributed by atoms with Crippen LogP contribution in [0.25, 0.3) is 0 Å². The maximum Gasteiger partial charge on any atom is 0.0231 e. The highest BCUT2D eigenvalue weighted by atomic mass is 15.2. The van der Waals surface area contributed by atoms with E-state index in [1.165, 1.54) is 24.1 Å². The molecule has 0 atom stereocenters. The Morgan fingerprint density at radius 1 is 0.577 bits per heavy atom. The van der Waals surface area contributed by atoms with Crippen molar-refractivity contribution in [2.75, 3.05) is 46.8 Å². The lowest BCUT2D eigenvalue weighted by molar-refractivity contribution is 0.194. The Morgan fingerprint density at radius 3 is 1.38 bits per heavy atom. The molecule has 0 radical (unpaired) electrons. The predicted octanol–water partition coefficient (Wildman–Crippen LogP) is 3.96. The average molecular weight is 354 g/mol. The average Bonchev–Trinajstić information content (AvgIpc) is 2.65. The summed E-state index contributed by atoms with van der Waals surface area (Å²) >= 11 is 0. The van der Waals surface area contributed by atoms with Crippen LogP contribution in [0.1, 0.15) is 24.5 Å². The molecule has 3 heteroatoms. The lowest BCUT2D eigenvalue weighted by atomic mass is 10.2. The molecule has 0 amide bonds. The van der Waals surface area contributed by atoms with Crippen LogP contribution in [0.3, 0.4) is 0 Å².